The Morgan fingerprint density at radius 1 is 1.43 bits per heavy atom. The SMILES string of the molecule is CC1=N[C@@H](C)C(C)=C2CC(CN3CCC[C@H]3C(=O)O)CN12. The second kappa shape index (κ2) is 5.44. The van der Waals surface area contributed by atoms with Crippen molar-refractivity contribution in [1.29, 1.82) is 0 Å². The van der Waals surface area contributed by atoms with Crippen LogP contribution in [-0.2, 0) is 4.79 Å². The van der Waals surface area contributed by atoms with Gasteiger partial charge in [-0.2, -0.15) is 0 Å². The quantitative estimate of drug-likeness (QED) is 0.863. The molecule has 116 valence electrons. The summed E-state index contributed by atoms with van der Waals surface area (Å²) in [5.41, 5.74) is 2.80. The first-order chi connectivity index (χ1) is 9.97. The molecule has 5 heteroatoms. The highest BCUT2D eigenvalue weighted by atomic mass is 16.4. The normalized spacial score (nSPS) is 33.4. The molecule has 3 aliphatic heterocycles. The lowest BCUT2D eigenvalue weighted by molar-refractivity contribution is -0.142. The molecule has 0 aromatic carbocycles. The van der Waals surface area contributed by atoms with Crippen LogP contribution in [0.2, 0.25) is 0 Å². The minimum atomic E-state index is -0.662. The summed E-state index contributed by atoms with van der Waals surface area (Å²) in [5, 5.41) is 9.30. The molecular formula is C16H25N3O2. The molecule has 3 rings (SSSR count). The van der Waals surface area contributed by atoms with Crippen molar-refractivity contribution in [3.05, 3.63) is 11.3 Å². The Bertz CT molecular complexity index is 512. The van der Waals surface area contributed by atoms with Gasteiger partial charge in [-0.3, -0.25) is 14.7 Å². The standard InChI is InChI=1S/C16H25N3O2/c1-10-11(2)17-12(3)19-9-13(7-15(10)19)8-18-6-4-5-14(18)16(20)21/h11,13-14H,4-9H2,1-3H3,(H,20,21)/t11-,13?,14-/m0/s1. The summed E-state index contributed by atoms with van der Waals surface area (Å²) in [7, 11) is 0. The predicted octanol–water partition coefficient (Wildman–Crippen LogP) is 1.95. The first-order valence-corrected chi connectivity index (χ1v) is 7.95. The van der Waals surface area contributed by atoms with Crippen LogP contribution < -0.4 is 0 Å². The van der Waals surface area contributed by atoms with Crippen molar-refractivity contribution in [1.82, 2.24) is 9.80 Å². The van der Waals surface area contributed by atoms with E-state index in [9.17, 15) is 9.90 Å². The minimum absolute atomic E-state index is 0.272. The molecule has 0 amide bonds. The minimum Gasteiger partial charge on any atom is -0.480 e. The molecule has 1 unspecified atom stereocenters. The van der Waals surface area contributed by atoms with E-state index in [1.807, 2.05) is 0 Å². The zero-order chi connectivity index (χ0) is 15.1. The second-order valence-electron chi connectivity index (χ2n) is 6.65. The highest BCUT2D eigenvalue weighted by molar-refractivity contribution is 5.83. The molecule has 0 aromatic rings. The maximum absolute atomic E-state index is 11.3. The Labute approximate surface area is 126 Å². The number of amidine groups is 1. The fourth-order valence-corrected chi connectivity index (χ4v) is 3.98. The number of nitrogens with zero attached hydrogens (tertiary/aromatic N) is 3. The Morgan fingerprint density at radius 2 is 2.19 bits per heavy atom. The van der Waals surface area contributed by atoms with Crippen LogP contribution in [-0.4, -0.2) is 58.4 Å². The number of carboxylic acid groups (broad SMARTS) is 1. The Morgan fingerprint density at radius 3 is 2.90 bits per heavy atom. The largest absolute Gasteiger partial charge is 0.480 e. The van der Waals surface area contributed by atoms with Gasteiger partial charge in [0.1, 0.15) is 11.9 Å². The number of carbonyl (C=O) groups is 1. The summed E-state index contributed by atoms with van der Waals surface area (Å²) in [4.78, 5) is 20.5. The fourth-order valence-electron chi connectivity index (χ4n) is 3.98. The van der Waals surface area contributed by atoms with Crippen LogP contribution in [0.4, 0.5) is 0 Å². The molecular weight excluding hydrogens is 266 g/mol. The van der Waals surface area contributed by atoms with Gasteiger partial charge in [-0.05, 0) is 58.1 Å². The maximum atomic E-state index is 11.3. The van der Waals surface area contributed by atoms with E-state index in [1.54, 1.807) is 0 Å². The number of likely N-dealkylation sites (tertiary alicyclic amines) is 1. The number of rotatable bonds is 3. The number of aliphatic carboxylic acids is 1. The summed E-state index contributed by atoms with van der Waals surface area (Å²) in [5.74, 6) is 0.970. The van der Waals surface area contributed by atoms with E-state index in [2.05, 4.69) is 30.6 Å². The topological polar surface area (TPSA) is 56.1 Å². The van der Waals surface area contributed by atoms with Crippen molar-refractivity contribution in [3.8, 4) is 0 Å². The third kappa shape index (κ3) is 2.59. The smallest absolute Gasteiger partial charge is 0.320 e. The molecule has 0 saturated carbocycles. The molecule has 0 aromatic heterocycles. The van der Waals surface area contributed by atoms with Gasteiger partial charge in [-0.15, -0.1) is 0 Å². The molecule has 0 spiro atoms. The number of aliphatic imine (C=N–C) groups is 1. The van der Waals surface area contributed by atoms with Gasteiger partial charge in [-0.25, -0.2) is 0 Å². The van der Waals surface area contributed by atoms with Gasteiger partial charge in [0.15, 0.2) is 0 Å². The average Bonchev–Trinajstić information content (AvgIpc) is 3.03. The van der Waals surface area contributed by atoms with E-state index in [-0.39, 0.29) is 12.1 Å². The molecule has 1 N–H and O–H groups in total. The third-order valence-electron chi connectivity index (χ3n) is 5.24. The number of allylic oxidation sites excluding steroid dienone is 1. The third-order valence-corrected chi connectivity index (χ3v) is 5.24. The van der Waals surface area contributed by atoms with E-state index >= 15 is 0 Å². The van der Waals surface area contributed by atoms with Gasteiger partial charge in [0.2, 0.25) is 0 Å². The second-order valence-corrected chi connectivity index (χ2v) is 6.65. The van der Waals surface area contributed by atoms with Gasteiger partial charge >= 0.3 is 5.97 Å². The summed E-state index contributed by atoms with van der Waals surface area (Å²) in [6.45, 7) is 9.22. The average molecular weight is 291 g/mol. The molecule has 0 radical (unpaired) electrons. The molecule has 0 aliphatic carbocycles. The first kappa shape index (κ1) is 14.6. The zero-order valence-electron chi connectivity index (χ0n) is 13.2. The van der Waals surface area contributed by atoms with Crippen molar-refractivity contribution in [2.75, 3.05) is 19.6 Å². The number of fused-ring (bicyclic) bond motifs is 1. The molecule has 3 atom stereocenters. The first-order valence-electron chi connectivity index (χ1n) is 7.95. The van der Waals surface area contributed by atoms with Crippen LogP contribution in [0.5, 0.6) is 0 Å². The molecule has 0 bridgehead atoms. The Hall–Kier alpha value is -1.36. The zero-order valence-corrected chi connectivity index (χ0v) is 13.2. The number of carboxylic acids is 1. The van der Waals surface area contributed by atoms with Crippen molar-refractivity contribution >= 4 is 11.8 Å². The van der Waals surface area contributed by atoms with Gasteiger partial charge in [0.05, 0.1) is 6.04 Å². The van der Waals surface area contributed by atoms with Crippen molar-refractivity contribution in [3.63, 3.8) is 0 Å². The van der Waals surface area contributed by atoms with Crippen LogP contribution in [0.25, 0.3) is 0 Å². The van der Waals surface area contributed by atoms with Crippen molar-refractivity contribution in [2.45, 2.75) is 52.1 Å². The van der Waals surface area contributed by atoms with E-state index in [0.29, 0.717) is 5.92 Å². The van der Waals surface area contributed by atoms with Gasteiger partial charge < -0.3 is 10.0 Å². The predicted molar refractivity (Wildman–Crippen MR) is 82.3 cm³/mol. The van der Waals surface area contributed by atoms with Crippen molar-refractivity contribution in [2.24, 2.45) is 10.9 Å². The lowest BCUT2D eigenvalue weighted by Gasteiger charge is -2.29. The lowest BCUT2D eigenvalue weighted by atomic mass is 10.0. The van der Waals surface area contributed by atoms with E-state index in [1.165, 1.54) is 11.3 Å². The lowest BCUT2D eigenvalue weighted by Crippen LogP contribution is -2.40. The Kier molecular flexibility index (Phi) is 3.78. The summed E-state index contributed by atoms with van der Waals surface area (Å²) in [6.07, 6.45) is 2.86. The molecule has 2 saturated heterocycles. The van der Waals surface area contributed by atoms with Crippen LogP contribution in [0.1, 0.15) is 40.0 Å². The van der Waals surface area contributed by atoms with Crippen LogP contribution in [0.3, 0.4) is 0 Å². The fraction of sp³-hybridized carbons (Fsp3) is 0.750. The number of hydrogen-bond acceptors (Lipinski definition) is 4. The highest BCUT2D eigenvalue weighted by Gasteiger charge is 2.37. The van der Waals surface area contributed by atoms with Crippen LogP contribution >= 0.6 is 0 Å². The van der Waals surface area contributed by atoms with E-state index < -0.39 is 5.97 Å². The Balaban J connectivity index is 1.70. The summed E-state index contributed by atoms with van der Waals surface area (Å²) in [6, 6.07) is 0.0138. The molecule has 3 aliphatic rings. The molecule has 21 heavy (non-hydrogen) atoms. The van der Waals surface area contributed by atoms with Crippen LogP contribution in [0, 0.1) is 5.92 Å². The van der Waals surface area contributed by atoms with E-state index in [0.717, 1.165) is 44.7 Å². The highest BCUT2D eigenvalue weighted by Crippen LogP contribution is 2.35. The van der Waals surface area contributed by atoms with Crippen molar-refractivity contribution < 1.29 is 9.90 Å². The maximum Gasteiger partial charge on any atom is 0.320 e. The van der Waals surface area contributed by atoms with Gasteiger partial charge in [0, 0.05) is 18.8 Å². The van der Waals surface area contributed by atoms with Gasteiger partial charge in [-0.1, -0.05) is 0 Å². The monoisotopic (exact) mass is 291 g/mol. The summed E-state index contributed by atoms with van der Waals surface area (Å²) < 4.78 is 0. The van der Waals surface area contributed by atoms with E-state index in [4.69, 9.17) is 4.99 Å². The number of hydrogen-bond donors (Lipinski definition) is 1. The molecule has 2 fully saturated rings. The molecule has 3 heterocycles. The summed E-state index contributed by atoms with van der Waals surface area (Å²) >= 11 is 0. The molecule has 5 nitrogen and oxygen atoms in total. The van der Waals surface area contributed by atoms with Crippen LogP contribution in [0.15, 0.2) is 16.3 Å². The van der Waals surface area contributed by atoms with Gasteiger partial charge in [0.25, 0.3) is 0 Å².